The Morgan fingerprint density at radius 3 is 2.47 bits per heavy atom. The largest absolute Gasteiger partial charge is 0.401 e. The second kappa shape index (κ2) is 7.65. The van der Waals surface area contributed by atoms with E-state index in [1.807, 2.05) is 5.32 Å². The molecule has 17 heavy (non-hydrogen) atoms. The Bertz CT molecular complexity index is 271. The van der Waals surface area contributed by atoms with Crippen molar-refractivity contribution in [3.63, 3.8) is 0 Å². The van der Waals surface area contributed by atoms with Gasteiger partial charge in [-0.1, -0.05) is 0 Å². The predicted molar refractivity (Wildman–Crippen MR) is 60.1 cm³/mol. The number of alkyl halides is 3. The molecule has 0 radical (unpaired) electrons. The van der Waals surface area contributed by atoms with Crippen LogP contribution in [0, 0.1) is 0 Å². The molecule has 0 aliphatic carbocycles. The van der Waals surface area contributed by atoms with E-state index in [1.54, 1.807) is 13.2 Å². The third-order valence-electron chi connectivity index (χ3n) is 1.86. The van der Waals surface area contributed by atoms with Crippen molar-refractivity contribution in [2.24, 2.45) is 0 Å². The van der Waals surface area contributed by atoms with Crippen LogP contribution in [-0.4, -0.2) is 47.4 Å². The number of amides is 1. The van der Waals surface area contributed by atoms with Gasteiger partial charge in [0, 0.05) is 28.9 Å². The van der Waals surface area contributed by atoms with Gasteiger partial charge in [-0.2, -0.15) is 13.2 Å². The van der Waals surface area contributed by atoms with Gasteiger partial charge in [0.25, 0.3) is 0 Å². The monoisotopic (exact) mass is 274 g/mol. The lowest BCUT2D eigenvalue weighted by atomic mass is 10.2. The third-order valence-corrected chi connectivity index (χ3v) is 2.67. The summed E-state index contributed by atoms with van der Waals surface area (Å²) < 4.78 is 46.0. The molecule has 0 aliphatic rings. The molecule has 0 aromatic carbocycles. The van der Waals surface area contributed by atoms with Crippen LogP contribution in [0.1, 0.15) is 13.3 Å². The lowest BCUT2D eigenvalue weighted by Crippen LogP contribution is -2.41. The fourth-order valence-electron chi connectivity index (χ4n) is 1.06. The first-order valence-corrected chi connectivity index (χ1v) is 6.80. The highest BCUT2D eigenvalue weighted by Crippen LogP contribution is 2.11. The highest BCUT2D eigenvalue weighted by Gasteiger charge is 2.26. The van der Waals surface area contributed by atoms with Crippen LogP contribution in [0.15, 0.2) is 0 Å². The van der Waals surface area contributed by atoms with Crippen molar-refractivity contribution in [3.8, 4) is 0 Å². The quantitative estimate of drug-likeness (QED) is 0.707. The van der Waals surface area contributed by atoms with Crippen molar-refractivity contribution < 1.29 is 22.2 Å². The van der Waals surface area contributed by atoms with Crippen LogP contribution in [0.5, 0.6) is 0 Å². The summed E-state index contributed by atoms with van der Waals surface area (Å²) >= 11 is 0. The van der Waals surface area contributed by atoms with E-state index in [0.717, 1.165) is 0 Å². The first-order chi connectivity index (χ1) is 7.70. The molecule has 0 fully saturated rings. The van der Waals surface area contributed by atoms with Gasteiger partial charge in [-0.15, -0.1) is 0 Å². The lowest BCUT2D eigenvalue weighted by molar-refractivity contribution is -0.128. The van der Waals surface area contributed by atoms with Crippen LogP contribution in [0.25, 0.3) is 0 Å². The lowest BCUT2D eigenvalue weighted by Gasteiger charge is -2.14. The molecule has 8 heteroatoms. The van der Waals surface area contributed by atoms with Crippen molar-refractivity contribution in [1.29, 1.82) is 0 Å². The summed E-state index contributed by atoms with van der Waals surface area (Å²) in [4.78, 5) is 11.2. The summed E-state index contributed by atoms with van der Waals surface area (Å²) in [6.07, 6.45) is -2.22. The Balaban J connectivity index is 3.68. The second-order valence-corrected chi connectivity index (χ2v) is 5.31. The predicted octanol–water partition coefficient (Wildman–Crippen LogP) is 0.412. The molecule has 2 unspecified atom stereocenters. The zero-order valence-corrected chi connectivity index (χ0v) is 10.6. The average Bonchev–Trinajstić information content (AvgIpc) is 2.12. The smallest absolute Gasteiger partial charge is 0.353 e. The Morgan fingerprint density at radius 1 is 1.41 bits per heavy atom. The molecule has 4 nitrogen and oxygen atoms in total. The second-order valence-electron chi connectivity index (χ2n) is 3.75. The molecule has 0 saturated heterocycles. The highest BCUT2D eigenvalue weighted by molar-refractivity contribution is 7.84. The number of halogens is 3. The maximum absolute atomic E-state index is 11.8. The molecule has 0 aromatic rings. The van der Waals surface area contributed by atoms with E-state index in [1.165, 1.54) is 0 Å². The van der Waals surface area contributed by atoms with E-state index in [2.05, 4.69) is 5.32 Å². The van der Waals surface area contributed by atoms with E-state index < -0.39 is 29.4 Å². The maximum atomic E-state index is 11.8. The zero-order valence-electron chi connectivity index (χ0n) is 9.76. The zero-order chi connectivity index (χ0) is 13.5. The van der Waals surface area contributed by atoms with Crippen LogP contribution < -0.4 is 10.6 Å². The number of nitrogens with one attached hydrogen (secondary N) is 2. The van der Waals surface area contributed by atoms with Crippen molar-refractivity contribution >= 4 is 16.7 Å². The van der Waals surface area contributed by atoms with E-state index in [4.69, 9.17) is 0 Å². The molecular formula is C9H17F3N2O2S. The number of rotatable bonds is 7. The fraction of sp³-hybridized carbons (Fsp3) is 0.889. The van der Waals surface area contributed by atoms with Gasteiger partial charge in [-0.05, 0) is 13.3 Å². The number of carbonyl (C=O) groups is 1. The summed E-state index contributed by atoms with van der Waals surface area (Å²) in [5, 5.41) is 4.52. The third kappa shape index (κ3) is 11.6. The Labute approximate surface area is 101 Å². The summed E-state index contributed by atoms with van der Waals surface area (Å²) in [5.41, 5.74) is 0. The van der Waals surface area contributed by atoms with Gasteiger partial charge < -0.3 is 10.6 Å². The first kappa shape index (κ1) is 16.4. The fourth-order valence-corrected chi connectivity index (χ4v) is 1.74. The van der Waals surface area contributed by atoms with Gasteiger partial charge >= 0.3 is 6.18 Å². The van der Waals surface area contributed by atoms with E-state index in [9.17, 15) is 22.2 Å². The molecule has 0 aliphatic heterocycles. The summed E-state index contributed by atoms with van der Waals surface area (Å²) in [5.74, 6) is -0.0409. The molecule has 2 atom stereocenters. The minimum Gasteiger partial charge on any atom is -0.353 e. The first-order valence-electron chi connectivity index (χ1n) is 5.07. The van der Waals surface area contributed by atoms with Crippen LogP contribution in [0.2, 0.25) is 0 Å². The van der Waals surface area contributed by atoms with Crippen molar-refractivity contribution in [3.05, 3.63) is 0 Å². The standard InChI is InChI=1S/C9H17F3N2O2S/c1-7(3-4-17(2)16)14-8(15)5-13-6-9(10,11)12/h7,13H,3-6H2,1-2H3,(H,14,15). The van der Waals surface area contributed by atoms with Crippen LogP contribution in [-0.2, 0) is 15.6 Å². The molecule has 0 heterocycles. The average molecular weight is 274 g/mol. The van der Waals surface area contributed by atoms with Crippen molar-refractivity contribution in [1.82, 2.24) is 10.6 Å². The highest BCUT2D eigenvalue weighted by atomic mass is 32.2. The molecule has 0 aromatic heterocycles. The van der Waals surface area contributed by atoms with Gasteiger partial charge in [0.2, 0.25) is 5.91 Å². The van der Waals surface area contributed by atoms with Gasteiger partial charge in [-0.3, -0.25) is 9.00 Å². The molecule has 1 amide bonds. The van der Waals surface area contributed by atoms with E-state index in [-0.39, 0.29) is 12.6 Å². The minimum absolute atomic E-state index is 0.195. The van der Waals surface area contributed by atoms with Crippen molar-refractivity contribution in [2.75, 3.05) is 25.1 Å². The van der Waals surface area contributed by atoms with Crippen molar-refractivity contribution in [2.45, 2.75) is 25.6 Å². The van der Waals surface area contributed by atoms with E-state index >= 15 is 0 Å². The summed E-state index contributed by atoms with van der Waals surface area (Å²) in [6.45, 7) is 0.154. The number of carbonyl (C=O) groups excluding carboxylic acids is 1. The van der Waals surface area contributed by atoms with E-state index in [0.29, 0.717) is 12.2 Å². The number of hydrogen-bond acceptors (Lipinski definition) is 3. The van der Waals surface area contributed by atoms with Crippen LogP contribution >= 0.6 is 0 Å². The normalized spacial score (nSPS) is 15.4. The van der Waals surface area contributed by atoms with Crippen LogP contribution in [0.4, 0.5) is 13.2 Å². The summed E-state index contributed by atoms with van der Waals surface area (Å²) in [7, 11) is -0.934. The van der Waals surface area contributed by atoms with Gasteiger partial charge in [-0.25, -0.2) is 0 Å². The Hall–Kier alpha value is -0.630. The molecule has 0 saturated carbocycles. The van der Waals surface area contributed by atoms with Gasteiger partial charge in [0.05, 0.1) is 13.1 Å². The molecule has 0 bridgehead atoms. The molecule has 0 rings (SSSR count). The van der Waals surface area contributed by atoms with Gasteiger partial charge in [0.1, 0.15) is 0 Å². The van der Waals surface area contributed by atoms with Gasteiger partial charge in [0.15, 0.2) is 0 Å². The molecular weight excluding hydrogens is 257 g/mol. The SMILES string of the molecule is CC(CCS(C)=O)NC(=O)CNCC(F)(F)F. The molecule has 102 valence electrons. The topological polar surface area (TPSA) is 58.2 Å². The Morgan fingerprint density at radius 2 is 2.00 bits per heavy atom. The molecule has 0 spiro atoms. The Kier molecular flexibility index (Phi) is 7.37. The molecule has 2 N–H and O–H groups in total. The maximum Gasteiger partial charge on any atom is 0.401 e. The minimum atomic E-state index is -4.31. The van der Waals surface area contributed by atoms with Crippen LogP contribution in [0.3, 0.4) is 0 Å². The number of hydrogen-bond donors (Lipinski definition) is 2. The summed E-state index contributed by atoms with van der Waals surface area (Å²) in [6, 6.07) is -0.195.